The Kier molecular flexibility index (Phi) is 3.17. The molecule has 0 heterocycles. The first-order valence-corrected chi connectivity index (χ1v) is 4.43. The van der Waals surface area contributed by atoms with Crippen LogP contribution in [-0.2, 0) is 5.92 Å². The molecule has 1 N–H and O–H groups in total. The molecule has 0 spiro atoms. The van der Waals surface area contributed by atoms with Crippen LogP contribution in [0.5, 0.6) is 0 Å². The van der Waals surface area contributed by atoms with Gasteiger partial charge in [-0.1, -0.05) is 29.8 Å². The fourth-order valence-electron chi connectivity index (χ4n) is 1.13. The van der Waals surface area contributed by atoms with Gasteiger partial charge in [0.25, 0.3) is 0 Å². The summed E-state index contributed by atoms with van der Waals surface area (Å²) in [6.07, 6.45) is -6.08. The highest BCUT2D eigenvalue weighted by atomic mass is 19.4. The number of aryl methyl sites for hydroxylation is 1. The maximum atomic E-state index is 13.2. The van der Waals surface area contributed by atoms with Crippen LogP contribution >= 0.6 is 0 Å². The monoisotopic (exact) mass is 258 g/mol. The van der Waals surface area contributed by atoms with Crippen LogP contribution in [0.25, 0.3) is 0 Å². The van der Waals surface area contributed by atoms with Crippen molar-refractivity contribution in [2.24, 2.45) is 0 Å². The van der Waals surface area contributed by atoms with Gasteiger partial charge in [0.1, 0.15) is 0 Å². The molecular formula is C10H8F6O. The van der Waals surface area contributed by atoms with Crippen LogP contribution in [0.15, 0.2) is 24.3 Å². The smallest absolute Gasteiger partial charge is 0.350 e. The third kappa shape index (κ3) is 2.24. The summed E-state index contributed by atoms with van der Waals surface area (Å²) < 4.78 is 75.2. The molecule has 0 bridgehead atoms. The molecule has 1 aromatic carbocycles. The number of benzene rings is 1. The number of alkyl halides is 6. The van der Waals surface area contributed by atoms with Gasteiger partial charge in [-0.05, 0) is 6.92 Å². The third-order valence-corrected chi connectivity index (χ3v) is 2.21. The lowest BCUT2D eigenvalue weighted by atomic mass is 10.00. The number of hydrogen-bond donors (Lipinski definition) is 1. The Labute approximate surface area is 92.7 Å². The predicted molar refractivity (Wildman–Crippen MR) is 47.2 cm³/mol. The van der Waals surface area contributed by atoms with Crippen molar-refractivity contribution in [3.8, 4) is 0 Å². The average Bonchev–Trinajstić information content (AvgIpc) is 2.16. The van der Waals surface area contributed by atoms with Crippen molar-refractivity contribution in [2.75, 3.05) is 0 Å². The Balaban J connectivity index is 3.23. The molecule has 0 radical (unpaired) electrons. The molecule has 0 aromatic heterocycles. The van der Waals surface area contributed by atoms with Gasteiger partial charge in [0, 0.05) is 5.56 Å². The van der Waals surface area contributed by atoms with Gasteiger partial charge in [0.05, 0.1) is 0 Å². The van der Waals surface area contributed by atoms with Crippen molar-refractivity contribution >= 4 is 0 Å². The molecule has 0 aliphatic rings. The molecule has 0 saturated heterocycles. The molecule has 0 aliphatic heterocycles. The Morgan fingerprint density at radius 2 is 1.29 bits per heavy atom. The summed E-state index contributed by atoms with van der Waals surface area (Å²) in [5.41, 5.74) is -0.732. The summed E-state index contributed by atoms with van der Waals surface area (Å²) in [6.45, 7) is 1.52. The fraction of sp³-hybridized carbons (Fsp3) is 0.400. The quantitative estimate of drug-likeness (QED) is 0.807. The molecule has 1 unspecified atom stereocenters. The van der Waals surface area contributed by atoms with Crippen LogP contribution in [0.3, 0.4) is 0 Å². The first-order chi connectivity index (χ1) is 7.50. The molecule has 1 nitrogen and oxygen atoms in total. The minimum absolute atomic E-state index is 0.513. The minimum Gasteiger partial charge on any atom is -0.350 e. The van der Waals surface area contributed by atoms with E-state index in [1.54, 1.807) is 0 Å². The normalized spacial score (nSPS) is 16.7. The number of hydrogen-bond acceptors (Lipinski definition) is 1. The predicted octanol–water partition coefficient (Wildman–Crippen LogP) is 3.31. The molecule has 0 saturated carbocycles. The van der Waals surface area contributed by atoms with Crippen LogP contribution in [0, 0.1) is 6.92 Å². The summed E-state index contributed by atoms with van der Waals surface area (Å²) in [7, 11) is 0. The summed E-state index contributed by atoms with van der Waals surface area (Å²) in [6, 6.07) is 3.45. The van der Waals surface area contributed by atoms with Gasteiger partial charge < -0.3 is 5.11 Å². The first-order valence-electron chi connectivity index (χ1n) is 4.43. The molecule has 1 aromatic rings. The van der Waals surface area contributed by atoms with E-state index in [0.29, 0.717) is 17.7 Å². The molecule has 7 heteroatoms. The molecule has 96 valence electrons. The molecular weight excluding hydrogens is 250 g/mol. The van der Waals surface area contributed by atoms with Crippen molar-refractivity contribution in [3.63, 3.8) is 0 Å². The van der Waals surface area contributed by atoms with Crippen LogP contribution in [0.2, 0.25) is 0 Å². The second-order valence-corrected chi connectivity index (χ2v) is 3.56. The summed E-state index contributed by atoms with van der Waals surface area (Å²) in [5.74, 6) is -10.7. The topological polar surface area (TPSA) is 20.2 Å². The maximum absolute atomic E-state index is 13.2. The SMILES string of the molecule is Cc1ccc(C(F)(F)C(O)(F)C(F)(F)F)cc1. The number of aliphatic hydroxyl groups is 1. The van der Waals surface area contributed by atoms with E-state index in [2.05, 4.69) is 0 Å². The van der Waals surface area contributed by atoms with E-state index in [1.807, 2.05) is 0 Å². The average molecular weight is 258 g/mol. The van der Waals surface area contributed by atoms with E-state index in [1.165, 1.54) is 6.92 Å². The van der Waals surface area contributed by atoms with Crippen LogP contribution in [0.1, 0.15) is 11.1 Å². The van der Waals surface area contributed by atoms with Gasteiger partial charge >= 0.3 is 18.0 Å². The van der Waals surface area contributed by atoms with Gasteiger partial charge in [-0.25, -0.2) is 0 Å². The molecule has 0 amide bonds. The Hall–Kier alpha value is -1.24. The molecule has 17 heavy (non-hydrogen) atoms. The Morgan fingerprint density at radius 3 is 1.65 bits per heavy atom. The van der Waals surface area contributed by atoms with Crippen molar-refractivity contribution in [1.82, 2.24) is 0 Å². The zero-order valence-electron chi connectivity index (χ0n) is 8.52. The Bertz CT molecular complexity index is 392. The van der Waals surface area contributed by atoms with Gasteiger partial charge in [0.15, 0.2) is 0 Å². The second kappa shape index (κ2) is 3.90. The van der Waals surface area contributed by atoms with Crippen LogP contribution < -0.4 is 0 Å². The Morgan fingerprint density at radius 1 is 0.882 bits per heavy atom. The van der Waals surface area contributed by atoms with E-state index in [9.17, 15) is 26.3 Å². The summed E-state index contributed by atoms with van der Waals surface area (Å²) in [4.78, 5) is 0. The highest BCUT2D eigenvalue weighted by molar-refractivity contribution is 5.27. The van der Waals surface area contributed by atoms with Crippen molar-refractivity contribution < 1.29 is 31.4 Å². The fourth-order valence-corrected chi connectivity index (χ4v) is 1.13. The van der Waals surface area contributed by atoms with Gasteiger partial charge in [-0.3, -0.25) is 0 Å². The van der Waals surface area contributed by atoms with Crippen LogP contribution in [0.4, 0.5) is 26.3 Å². The summed E-state index contributed by atoms with van der Waals surface area (Å²) in [5, 5.41) is 8.36. The minimum atomic E-state index is -6.08. The van der Waals surface area contributed by atoms with Crippen LogP contribution in [-0.4, -0.2) is 17.1 Å². The van der Waals surface area contributed by atoms with E-state index in [0.717, 1.165) is 12.1 Å². The van der Waals surface area contributed by atoms with Crippen molar-refractivity contribution in [2.45, 2.75) is 24.9 Å². The number of rotatable bonds is 2. The largest absolute Gasteiger partial charge is 0.455 e. The van der Waals surface area contributed by atoms with E-state index >= 15 is 0 Å². The number of halogens is 6. The van der Waals surface area contributed by atoms with Gasteiger partial charge in [-0.15, -0.1) is 0 Å². The van der Waals surface area contributed by atoms with E-state index in [-0.39, 0.29) is 0 Å². The van der Waals surface area contributed by atoms with Gasteiger partial charge in [0.2, 0.25) is 0 Å². The zero-order valence-corrected chi connectivity index (χ0v) is 8.52. The van der Waals surface area contributed by atoms with Gasteiger partial charge in [-0.2, -0.15) is 26.3 Å². The lowest BCUT2D eigenvalue weighted by molar-refractivity contribution is -0.390. The lowest BCUT2D eigenvalue weighted by Crippen LogP contribution is -2.53. The standard InChI is InChI=1S/C10H8F6O/c1-6-2-4-7(5-3-6)8(11,12)9(13,17)10(14,15)16/h2-5,17H,1H3. The van der Waals surface area contributed by atoms with Crippen molar-refractivity contribution in [3.05, 3.63) is 35.4 Å². The first kappa shape index (κ1) is 13.8. The second-order valence-electron chi connectivity index (χ2n) is 3.56. The highest BCUT2D eigenvalue weighted by Crippen LogP contribution is 2.48. The van der Waals surface area contributed by atoms with E-state index < -0.39 is 23.5 Å². The summed E-state index contributed by atoms with van der Waals surface area (Å²) >= 11 is 0. The molecule has 0 aliphatic carbocycles. The lowest BCUT2D eigenvalue weighted by Gasteiger charge is -2.30. The van der Waals surface area contributed by atoms with Crippen molar-refractivity contribution in [1.29, 1.82) is 0 Å². The maximum Gasteiger partial charge on any atom is 0.455 e. The highest BCUT2D eigenvalue weighted by Gasteiger charge is 2.71. The molecule has 1 atom stereocenters. The van der Waals surface area contributed by atoms with E-state index in [4.69, 9.17) is 5.11 Å². The molecule has 0 fully saturated rings. The zero-order chi connectivity index (χ0) is 13.5. The third-order valence-electron chi connectivity index (χ3n) is 2.21. The molecule has 1 rings (SSSR count).